The Labute approximate surface area is 157 Å². The normalized spacial score (nSPS) is 10.3. The van der Waals surface area contributed by atoms with Gasteiger partial charge < -0.3 is 20.8 Å². The van der Waals surface area contributed by atoms with Crippen molar-refractivity contribution in [2.75, 3.05) is 10.6 Å². The van der Waals surface area contributed by atoms with E-state index in [2.05, 4.69) is 25.6 Å². The van der Waals surface area contributed by atoms with Gasteiger partial charge in [-0.25, -0.2) is 9.59 Å². The van der Waals surface area contributed by atoms with Gasteiger partial charge in [-0.3, -0.25) is 0 Å². The van der Waals surface area contributed by atoms with Gasteiger partial charge in [0, 0.05) is 11.4 Å². The van der Waals surface area contributed by atoms with Gasteiger partial charge in [0.1, 0.15) is 0 Å². The first kappa shape index (κ1) is 18.1. The molecule has 0 radical (unpaired) electrons. The van der Waals surface area contributed by atoms with Gasteiger partial charge in [0.15, 0.2) is 0 Å². The predicted molar refractivity (Wildman–Crippen MR) is 98.2 cm³/mol. The number of carboxylic acid groups (broad SMARTS) is 2. The highest BCUT2D eigenvalue weighted by Crippen LogP contribution is 2.20. The van der Waals surface area contributed by atoms with Crippen LogP contribution in [0.15, 0.2) is 48.5 Å². The number of hydrogen-bond donors (Lipinski definition) is 4. The molecular formula is C17H12ClN5O4. The maximum absolute atomic E-state index is 11.1. The maximum atomic E-state index is 11.1. The van der Waals surface area contributed by atoms with Crippen LogP contribution in [0.5, 0.6) is 0 Å². The van der Waals surface area contributed by atoms with Crippen LogP contribution >= 0.6 is 11.6 Å². The van der Waals surface area contributed by atoms with E-state index in [4.69, 9.17) is 21.8 Å². The number of benzene rings is 2. The second-order valence-electron chi connectivity index (χ2n) is 5.27. The number of aromatic nitrogens is 3. The van der Waals surface area contributed by atoms with Crippen LogP contribution in [0.2, 0.25) is 5.28 Å². The summed E-state index contributed by atoms with van der Waals surface area (Å²) in [6.45, 7) is 0. The van der Waals surface area contributed by atoms with Crippen molar-refractivity contribution in [1.82, 2.24) is 15.0 Å². The molecule has 0 amide bonds. The van der Waals surface area contributed by atoms with E-state index < -0.39 is 11.9 Å². The largest absolute Gasteiger partial charge is 0.478 e. The van der Waals surface area contributed by atoms with Gasteiger partial charge in [-0.15, -0.1) is 0 Å². The third-order valence-electron chi connectivity index (χ3n) is 3.34. The van der Waals surface area contributed by atoms with Crippen molar-refractivity contribution in [3.8, 4) is 0 Å². The molecular weight excluding hydrogens is 374 g/mol. The number of hydrogen-bond acceptors (Lipinski definition) is 7. The van der Waals surface area contributed by atoms with Crippen molar-refractivity contribution in [2.45, 2.75) is 0 Å². The highest BCUT2D eigenvalue weighted by Gasteiger charge is 2.09. The molecule has 0 fully saturated rings. The predicted octanol–water partition coefficient (Wildman–Crippen LogP) is 3.41. The number of anilines is 4. The summed E-state index contributed by atoms with van der Waals surface area (Å²) < 4.78 is 0. The highest BCUT2D eigenvalue weighted by atomic mass is 35.5. The van der Waals surface area contributed by atoms with Gasteiger partial charge in [0.25, 0.3) is 0 Å². The third kappa shape index (κ3) is 4.67. The Kier molecular flexibility index (Phi) is 5.13. The monoisotopic (exact) mass is 385 g/mol. The average Bonchev–Trinajstić information content (AvgIpc) is 2.61. The lowest BCUT2D eigenvalue weighted by atomic mass is 10.2. The first-order chi connectivity index (χ1) is 12.9. The van der Waals surface area contributed by atoms with E-state index in [1.165, 1.54) is 24.3 Å². The fourth-order valence-electron chi connectivity index (χ4n) is 2.18. The number of nitrogens with zero attached hydrogens (tertiary/aromatic N) is 3. The summed E-state index contributed by atoms with van der Waals surface area (Å²) in [5.74, 6) is -1.94. The van der Waals surface area contributed by atoms with Gasteiger partial charge in [-0.2, -0.15) is 15.0 Å². The molecule has 0 saturated carbocycles. The van der Waals surface area contributed by atoms with Gasteiger partial charge in [0.05, 0.1) is 11.1 Å². The van der Waals surface area contributed by atoms with Gasteiger partial charge >= 0.3 is 11.9 Å². The lowest BCUT2D eigenvalue weighted by molar-refractivity contribution is 0.0686. The van der Waals surface area contributed by atoms with Gasteiger partial charge in [0.2, 0.25) is 17.2 Å². The van der Waals surface area contributed by atoms with Crippen molar-refractivity contribution in [1.29, 1.82) is 0 Å². The zero-order valence-electron chi connectivity index (χ0n) is 13.5. The van der Waals surface area contributed by atoms with E-state index in [-0.39, 0.29) is 28.3 Å². The fourth-order valence-corrected chi connectivity index (χ4v) is 2.34. The first-order valence-corrected chi connectivity index (χ1v) is 7.91. The molecule has 3 aromatic rings. The molecule has 10 heteroatoms. The first-order valence-electron chi connectivity index (χ1n) is 7.53. The standard InChI is InChI=1S/C17H12ClN5O4/c18-15-21-16(19-11-5-1-3-9(7-11)13(24)25)23-17(22-15)20-12-6-2-4-10(8-12)14(26)27/h1-8H,(H,24,25)(H,26,27)(H2,19,20,21,22,23). The van der Waals surface area contributed by atoms with Crippen molar-refractivity contribution >= 4 is 46.8 Å². The second kappa shape index (κ2) is 7.67. The number of rotatable bonds is 6. The lowest BCUT2D eigenvalue weighted by Crippen LogP contribution is -2.05. The van der Waals surface area contributed by atoms with E-state index in [0.717, 1.165) is 0 Å². The maximum Gasteiger partial charge on any atom is 0.335 e. The van der Waals surface area contributed by atoms with E-state index in [9.17, 15) is 9.59 Å². The molecule has 2 aromatic carbocycles. The molecule has 9 nitrogen and oxygen atoms in total. The summed E-state index contributed by atoms with van der Waals surface area (Å²) in [5, 5.41) is 23.7. The van der Waals surface area contributed by atoms with Gasteiger partial charge in [-0.05, 0) is 48.0 Å². The Bertz CT molecular complexity index is 950. The number of aromatic carboxylic acids is 2. The minimum absolute atomic E-state index is 0.0921. The Morgan fingerprint density at radius 3 is 1.63 bits per heavy atom. The van der Waals surface area contributed by atoms with Crippen molar-refractivity contribution < 1.29 is 19.8 Å². The molecule has 27 heavy (non-hydrogen) atoms. The molecule has 136 valence electrons. The van der Waals surface area contributed by atoms with E-state index in [1.54, 1.807) is 24.3 Å². The number of carbonyl (C=O) groups is 2. The molecule has 0 saturated heterocycles. The van der Waals surface area contributed by atoms with Crippen LogP contribution in [0, 0.1) is 0 Å². The molecule has 0 unspecified atom stereocenters. The molecule has 1 aromatic heterocycles. The van der Waals surface area contributed by atoms with Gasteiger partial charge in [-0.1, -0.05) is 12.1 Å². The molecule has 0 aliphatic heterocycles. The SMILES string of the molecule is O=C(O)c1cccc(Nc2nc(Cl)nc(Nc3cccc(C(=O)O)c3)n2)c1. The number of halogens is 1. The quantitative estimate of drug-likeness (QED) is 0.502. The molecule has 0 aliphatic rings. The second-order valence-corrected chi connectivity index (χ2v) is 5.61. The zero-order chi connectivity index (χ0) is 19.4. The van der Waals surface area contributed by atoms with Crippen LogP contribution in [0.4, 0.5) is 23.3 Å². The van der Waals surface area contributed by atoms with E-state index in [0.29, 0.717) is 11.4 Å². The summed E-state index contributed by atoms with van der Waals surface area (Å²) >= 11 is 5.92. The molecule has 0 aliphatic carbocycles. The Morgan fingerprint density at radius 2 is 1.22 bits per heavy atom. The molecule has 3 rings (SSSR count). The summed E-state index contributed by atoms with van der Waals surface area (Å²) in [5.41, 5.74) is 1.11. The smallest absolute Gasteiger partial charge is 0.335 e. The highest BCUT2D eigenvalue weighted by molar-refractivity contribution is 6.28. The molecule has 0 spiro atoms. The Morgan fingerprint density at radius 1 is 0.778 bits per heavy atom. The zero-order valence-corrected chi connectivity index (χ0v) is 14.3. The number of carboxylic acids is 2. The Balaban J connectivity index is 1.84. The summed E-state index contributed by atoms with van der Waals surface area (Å²) in [7, 11) is 0. The van der Waals surface area contributed by atoms with E-state index >= 15 is 0 Å². The van der Waals surface area contributed by atoms with Crippen LogP contribution < -0.4 is 10.6 Å². The van der Waals surface area contributed by atoms with Crippen molar-refractivity contribution in [2.24, 2.45) is 0 Å². The van der Waals surface area contributed by atoms with Crippen molar-refractivity contribution in [3.63, 3.8) is 0 Å². The molecule has 0 bridgehead atoms. The van der Waals surface area contributed by atoms with Crippen LogP contribution in [0.3, 0.4) is 0 Å². The minimum atomic E-state index is -1.06. The summed E-state index contributed by atoms with van der Waals surface area (Å²) in [6, 6.07) is 12.2. The lowest BCUT2D eigenvalue weighted by Gasteiger charge is -2.09. The van der Waals surface area contributed by atoms with Crippen LogP contribution in [0.1, 0.15) is 20.7 Å². The number of nitrogens with one attached hydrogen (secondary N) is 2. The third-order valence-corrected chi connectivity index (χ3v) is 3.51. The van der Waals surface area contributed by atoms with Crippen LogP contribution in [-0.4, -0.2) is 37.1 Å². The van der Waals surface area contributed by atoms with Crippen LogP contribution in [0.25, 0.3) is 0 Å². The Hall–Kier alpha value is -3.72. The topological polar surface area (TPSA) is 137 Å². The summed E-state index contributed by atoms with van der Waals surface area (Å²) in [4.78, 5) is 34.1. The molecule has 0 atom stereocenters. The average molecular weight is 386 g/mol. The van der Waals surface area contributed by atoms with Crippen molar-refractivity contribution in [3.05, 3.63) is 64.9 Å². The van der Waals surface area contributed by atoms with Crippen LogP contribution in [-0.2, 0) is 0 Å². The van der Waals surface area contributed by atoms with E-state index in [1.807, 2.05) is 0 Å². The molecule has 1 heterocycles. The minimum Gasteiger partial charge on any atom is -0.478 e. The summed E-state index contributed by atoms with van der Waals surface area (Å²) in [6.07, 6.45) is 0. The fraction of sp³-hybridized carbons (Fsp3) is 0. The molecule has 4 N–H and O–H groups in total.